The Morgan fingerprint density at radius 1 is 0.658 bits per heavy atom. The van der Waals surface area contributed by atoms with Gasteiger partial charge in [0, 0.05) is 11.1 Å². The molecule has 4 aromatic rings. The Bertz CT molecular complexity index is 1610. The minimum absolute atomic E-state index is 0.0406. The number of unbranched alkanes of at least 4 members (excludes halogenated alkanes) is 1. The lowest BCUT2D eigenvalue weighted by molar-refractivity contribution is 0.476. The van der Waals surface area contributed by atoms with Gasteiger partial charge in [0.1, 0.15) is 11.5 Å². The lowest BCUT2D eigenvalue weighted by atomic mass is 10.1. The van der Waals surface area contributed by atoms with Crippen LogP contribution >= 0.6 is 0 Å². The highest BCUT2D eigenvalue weighted by Crippen LogP contribution is 2.35. The highest BCUT2D eigenvalue weighted by molar-refractivity contribution is 7.95. The summed E-state index contributed by atoms with van der Waals surface area (Å²) in [5.41, 5.74) is 2.01. The molecule has 8 heteroatoms. The fourth-order valence-electron chi connectivity index (χ4n) is 4.39. The lowest BCUT2D eigenvalue weighted by Gasteiger charge is -2.19. The zero-order valence-electron chi connectivity index (χ0n) is 21.0. The van der Waals surface area contributed by atoms with Crippen molar-refractivity contribution in [2.45, 2.75) is 41.2 Å². The van der Waals surface area contributed by atoms with Crippen LogP contribution in [-0.4, -0.2) is 38.1 Å². The molecule has 0 heterocycles. The SMILES string of the molecule is CCCCC(CS(=O)(=O)c1ccc(O)c(-c2ccccc2)c1)S(=O)(=O)c1ccc(O)c(-c2ccccc2)c1. The number of phenolic OH excluding ortho intramolecular Hbond substituents is 2. The number of hydrogen-bond donors (Lipinski definition) is 2. The molecule has 0 aliphatic heterocycles. The molecule has 0 saturated carbocycles. The van der Waals surface area contributed by atoms with Crippen LogP contribution < -0.4 is 0 Å². The molecule has 38 heavy (non-hydrogen) atoms. The molecule has 0 aliphatic carbocycles. The van der Waals surface area contributed by atoms with E-state index >= 15 is 0 Å². The predicted molar refractivity (Wildman–Crippen MR) is 150 cm³/mol. The van der Waals surface area contributed by atoms with Crippen molar-refractivity contribution in [1.29, 1.82) is 0 Å². The summed E-state index contributed by atoms with van der Waals surface area (Å²) in [6, 6.07) is 25.9. The Morgan fingerprint density at radius 2 is 1.13 bits per heavy atom. The summed E-state index contributed by atoms with van der Waals surface area (Å²) in [5, 5.41) is 19.6. The van der Waals surface area contributed by atoms with Gasteiger partial charge >= 0.3 is 0 Å². The summed E-state index contributed by atoms with van der Waals surface area (Å²) in [4.78, 5) is -0.0948. The first-order chi connectivity index (χ1) is 18.1. The van der Waals surface area contributed by atoms with Crippen LogP contribution in [0.4, 0.5) is 0 Å². The van der Waals surface area contributed by atoms with Crippen LogP contribution in [0.2, 0.25) is 0 Å². The first-order valence-electron chi connectivity index (χ1n) is 12.4. The van der Waals surface area contributed by atoms with Crippen molar-refractivity contribution in [3.05, 3.63) is 97.1 Å². The highest BCUT2D eigenvalue weighted by atomic mass is 32.2. The maximum Gasteiger partial charge on any atom is 0.182 e. The first-order valence-corrected chi connectivity index (χ1v) is 15.6. The number of hydrogen-bond acceptors (Lipinski definition) is 6. The first kappa shape index (κ1) is 27.4. The van der Waals surface area contributed by atoms with Gasteiger partial charge in [0.05, 0.1) is 20.8 Å². The third-order valence-electron chi connectivity index (χ3n) is 6.52. The molecule has 0 bridgehead atoms. The molecule has 0 spiro atoms. The highest BCUT2D eigenvalue weighted by Gasteiger charge is 2.33. The van der Waals surface area contributed by atoms with E-state index in [1.165, 1.54) is 36.4 Å². The molecule has 0 radical (unpaired) electrons. The van der Waals surface area contributed by atoms with Crippen LogP contribution in [0.3, 0.4) is 0 Å². The van der Waals surface area contributed by atoms with Crippen molar-refractivity contribution < 1.29 is 27.0 Å². The van der Waals surface area contributed by atoms with Crippen molar-refractivity contribution in [3.63, 3.8) is 0 Å². The van der Waals surface area contributed by atoms with Gasteiger partial charge in [-0.25, -0.2) is 16.8 Å². The van der Waals surface area contributed by atoms with Crippen LogP contribution in [0.1, 0.15) is 26.2 Å². The van der Waals surface area contributed by atoms with Crippen LogP contribution in [0.25, 0.3) is 22.3 Å². The van der Waals surface area contributed by atoms with E-state index < -0.39 is 30.7 Å². The van der Waals surface area contributed by atoms with E-state index in [4.69, 9.17) is 0 Å². The minimum Gasteiger partial charge on any atom is -0.507 e. The van der Waals surface area contributed by atoms with E-state index in [1.54, 1.807) is 48.5 Å². The normalized spacial score (nSPS) is 12.8. The van der Waals surface area contributed by atoms with Crippen LogP contribution in [0.15, 0.2) is 107 Å². The molecule has 6 nitrogen and oxygen atoms in total. The van der Waals surface area contributed by atoms with Crippen molar-refractivity contribution in [2.75, 3.05) is 5.75 Å². The number of sulfone groups is 2. The number of rotatable bonds is 10. The number of benzene rings is 4. The number of phenols is 2. The Balaban J connectivity index is 1.72. The minimum atomic E-state index is -4.07. The Morgan fingerprint density at radius 3 is 1.63 bits per heavy atom. The fraction of sp³-hybridized carbons (Fsp3) is 0.200. The topological polar surface area (TPSA) is 109 Å². The van der Waals surface area contributed by atoms with Gasteiger partial charge in [0.2, 0.25) is 0 Å². The van der Waals surface area contributed by atoms with Gasteiger partial charge in [-0.05, 0) is 53.9 Å². The monoisotopic (exact) mass is 550 g/mol. The van der Waals surface area contributed by atoms with Crippen molar-refractivity contribution >= 4 is 19.7 Å². The molecular formula is C30H30O6S2. The maximum absolute atomic E-state index is 13.8. The van der Waals surface area contributed by atoms with E-state index in [2.05, 4.69) is 0 Å². The van der Waals surface area contributed by atoms with E-state index in [0.29, 0.717) is 35.1 Å². The molecule has 1 unspecified atom stereocenters. The summed E-state index contributed by atoms with van der Waals surface area (Å²) in [6.45, 7) is 1.92. The molecule has 0 fully saturated rings. The van der Waals surface area contributed by atoms with Crippen LogP contribution in [-0.2, 0) is 19.7 Å². The standard InChI is InChI=1S/C30H30O6S2/c1-2-3-14-26(38(35,36)25-16-18-30(32)28(20-25)23-12-8-5-9-13-23)21-37(33,34)24-15-17-29(31)27(19-24)22-10-6-4-7-11-22/h4-13,15-20,26,31-32H,2-3,14,21H2,1H3. The molecule has 4 aromatic carbocycles. The second kappa shape index (κ2) is 11.4. The molecule has 2 N–H and O–H groups in total. The average Bonchev–Trinajstić information content (AvgIpc) is 2.92. The van der Waals surface area contributed by atoms with Gasteiger partial charge in [0.15, 0.2) is 19.7 Å². The summed E-state index contributed by atoms with van der Waals surface area (Å²) >= 11 is 0. The summed E-state index contributed by atoms with van der Waals surface area (Å²) in [7, 11) is -8.11. The zero-order chi connectivity index (χ0) is 27.3. The van der Waals surface area contributed by atoms with Crippen molar-refractivity contribution in [2.24, 2.45) is 0 Å². The lowest BCUT2D eigenvalue weighted by Crippen LogP contribution is -2.30. The summed E-state index contributed by atoms with van der Waals surface area (Å²) < 4.78 is 54.7. The van der Waals surface area contributed by atoms with Crippen LogP contribution in [0, 0.1) is 0 Å². The van der Waals surface area contributed by atoms with Gasteiger partial charge in [0.25, 0.3) is 0 Å². The number of aromatic hydroxyl groups is 2. The third kappa shape index (κ3) is 5.92. The zero-order valence-corrected chi connectivity index (χ0v) is 22.6. The van der Waals surface area contributed by atoms with Crippen molar-refractivity contribution in [1.82, 2.24) is 0 Å². The fourth-order valence-corrected chi connectivity index (χ4v) is 8.47. The van der Waals surface area contributed by atoms with Gasteiger partial charge in [-0.2, -0.15) is 0 Å². The maximum atomic E-state index is 13.8. The predicted octanol–water partition coefficient (Wildman–Crippen LogP) is 6.24. The molecular weight excluding hydrogens is 520 g/mol. The second-order valence-electron chi connectivity index (χ2n) is 9.18. The van der Waals surface area contributed by atoms with E-state index in [-0.39, 0.29) is 27.7 Å². The van der Waals surface area contributed by atoms with Gasteiger partial charge in [-0.15, -0.1) is 0 Å². The van der Waals surface area contributed by atoms with E-state index in [0.717, 1.165) is 0 Å². The van der Waals surface area contributed by atoms with E-state index in [1.807, 2.05) is 19.1 Å². The Kier molecular flexibility index (Phi) is 8.23. The molecule has 198 valence electrons. The molecule has 0 amide bonds. The smallest absolute Gasteiger partial charge is 0.182 e. The Hall–Kier alpha value is -3.62. The summed E-state index contributed by atoms with van der Waals surface area (Å²) in [5.74, 6) is -0.733. The van der Waals surface area contributed by atoms with Gasteiger partial charge in [-0.1, -0.05) is 80.4 Å². The molecule has 0 aromatic heterocycles. The largest absolute Gasteiger partial charge is 0.507 e. The molecule has 0 saturated heterocycles. The molecule has 0 aliphatic rings. The van der Waals surface area contributed by atoms with Gasteiger partial charge in [-0.3, -0.25) is 0 Å². The van der Waals surface area contributed by atoms with Gasteiger partial charge < -0.3 is 10.2 Å². The van der Waals surface area contributed by atoms with Crippen LogP contribution in [0.5, 0.6) is 11.5 Å². The summed E-state index contributed by atoms with van der Waals surface area (Å²) in [6.07, 6.45) is 1.41. The second-order valence-corrected chi connectivity index (χ2v) is 13.4. The van der Waals surface area contributed by atoms with Crippen molar-refractivity contribution in [3.8, 4) is 33.8 Å². The van der Waals surface area contributed by atoms with E-state index in [9.17, 15) is 27.0 Å². The molecule has 1 atom stereocenters. The Labute approximate surface area is 224 Å². The average molecular weight is 551 g/mol. The quantitative estimate of drug-likeness (QED) is 0.242. The third-order valence-corrected chi connectivity index (χ3v) is 10.7. The molecule has 4 rings (SSSR count).